The number of thioether (sulfide) groups is 1. The number of carbonyl (C=O) groups excluding carboxylic acids is 1. The van der Waals surface area contributed by atoms with E-state index in [4.69, 9.17) is 5.11 Å². The molecule has 118 valence electrons. The van der Waals surface area contributed by atoms with E-state index in [-0.39, 0.29) is 18.7 Å². The van der Waals surface area contributed by atoms with Gasteiger partial charge in [0.25, 0.3) is 0 Å². The van der Waals surface area contributed by atoms with Gasteiger partial charge in [0.15, 0.2) is 0 Å². The van der Waals surface area contributed by atoms with Crippen molar-refractivity contribution in [3.63, 3.8) is 0 Å². The average Bonchev–Trinajstić information content (AvgIpc) is 2.39. The highest BCUT2D eigenvalue weighted by Crippen LogP contribution is 2.03. The monoisotopic (exact) mass is 326 g/mol. The van der Waals surface area contributed by atoms with Crippen molar-refractivity contribution in [2.75, 3.05) is 24.3 Å². The number of hydrogen-bond acceptors (Lipinski definition) is 5. The van der Waals surface area contributed by atoms with Gasteiger partial charge in [-0.25, -0.2) is 13.1 Å². The second-order valence-electron chi connectivity index (χ2n) is 4.14. The summed E-state index contributed by atoms with van der Waals surface area (Å²) in [6.07, 6.45) is 2.55. The highest BCUT2D eigenvalue weighted by atomic mass is 32.2. The summed E-state index contributed by atoms with van der Waals surface area (Å²) < 4.78 is 25.4. The van der Waals surface area contributed by atoms with E-state index < -0.39 is 27.9 Å². The molecule has 0 aliphatic rings. The molecule has 0 saturated heterocycles. The predicted octanol–water partition coefficient (Wildman–Crippen LogP) is 0.0284. The van der Waals surface area contributed by atoms with Crippen LogP contribution in [0.25, 0.3) is 0 Å². The molecule has 1 amide bonds. The zero-order valence-electron chi connectivity index (χ0n) is 11.7. The SMILES string of the molecule is CCS(=O)(=O)NC(CCSC)C(=O)NCCCC(=O)O. The topological polar surface area (TPSA) is 113 Å². The van der Waals surface area contributed by atoms with Gasteiger partial charge < -0.3 is 10.4 Å². The lowest BCUT2D eigenvalue weighted by molar-refractivity contribution is -0.137. The Morgan fingerprint density at radius 1 is 1.35 bits per heavy atom. The summed E-state index contributed by atoms with van der Waals surface area (Å²) in [5.41, 5.74) is 0. The molecule has 0 bridgehead atoms. The molecule has 0 rings (SSSR count). The van der Waals surface area contributed by atoms with Crippen molar-refractivity contribution in [2.45, 2.75) is 32.2 Å². The first-order chi connectivity index (χ1) is 9.32. The quantitative estimate of drug-likeness (QED) is 0.462. The molecule has 7 nitrogen and oxygen atoms in total. The van der Waals surface area contributed by atoms with E-state index in [1.807, 2.05) is 6.26 Å². The van der Waals surface area contributed by atoms with Crippen LogP contribution in [0.3, 0.4) is 0 Å². The minimum Gasteiger partial charge on any atom is -0.481 e. The average molecular weight is 326 g/mol. The van der Waals surface area contributed by atoms with Gasteiger partial charge in [0.2, 0.25) is 15.9 Å². The van der Waals surface area contributed by atoms with E-state index in [9.17, 15) is 18.0 Å². The number of carbonyl (C=O) groups is 2. The molecule has 0 radical (unpaired) electrons. The molecule has 1 atom stereocenters. The highest BCUT2D eigenvalue weighted by Gasteiger charge is 2.22. The minimum absolute atomic E-state index is 0.0313. The first-order valence-corrected chi connectivity index (χ1v) is 9.35. The molecular formula is C11H22N2O5S2. The van der Waals surface area contributed by atoms with Gasteiger partial charge in [-0.1, -0.05) is 0 Å². The summed E-state index contributed by atoms with van der Waals surface area (Å²) >= 11 is 1.52. The third kappa shape index (κ3) is 9.16. The van der Waals surface area contributed by atoms with Gasteiger partial charge in [0.05, 0.1) is 5.75 Å². The lowest BCUT2D eigenvalue weighted by atomic mass is 10.2. The van der Waals surface area contributed by atoms with Crippen LogP contribution in [-0.4, -0.2) is 55.7 Å². The Morgan fingerprint density at radius 2 is 2.00 bits per heavy atom. The molecule has 3 N–H and O–H groups in total. The lowest BCUT2D eigenvalue weighted by Gasteiger charge is -2.17. The molecule has 1 unspecified atom stereocenters. The van der Waals surface area contributed by atoms with Crippen molar-refractivity contribution in [1.82, 2.24) is 10.0 Å². The van der Waals surface area contributed by atoms with Crippen LogP contribution in [0.4, 0.5) is 0 Å². The zero-order chi connectivity index (χ0) is 15.6. The number of rotatable bonds is 11. The number of carboxylic acids is 1. The van der Waals surface area contributed by atoms with E-state index in [2.05, 4.69) is 10.0 Å². The second kappa shape index (κ2) is 10.0. The van der Waals surface area contributed by atoms with Crippen LogP contribution in [0.1, 0.15) is 26.2 Å². The van der Waals surface area contributed by atoms with Crippen molar-refractivity contribution in [3.8, 4) is 0 Å². The van der Waals surface area contributed by atoms with Gasteiger partial charge in [-0.05, 0) is 31.8 Å². The van der Waals surface area contributed by atoms with E-state index in [0.717, 1.165) is 0 Å². The van der Waals surface area contributed by atoms with E-state index in [1.54, 1.807) is 0 Å². The second-order valence-corrected chi connectivity index (χ2v) is 7.17. The zero-order valence-corrected chi connectivity index (χ0v) is 13.3. The molecule has 0 aromatic carbocycles. The van der Waals surface area contributed by atoms with Crippen LogP contribution in [0.2, 0.25) is 0 Å². The predicted molar refractivity (Wildman–Crippen MR) is 79.3 cm³/mol. The molecule has 0 aliphatic heterocycles. The summed E-state index contributed by atoms with van der Waals surface area (Å²) in [5.74, 6) is -0.777. The molecule has 0 aromatic rings. The Bertz CT molecular complexity index is 411. The Hall–Kier alpha value is -0.800. The molecule has 0 fully saturated rings. The highest BCUT2D eigenvalue weighted by molar-refractivity contribution is 7.98. The van der Waals surface area contributed by atoms with Gasteiger partial charge in [-0.2, -0.15) is 11.8 Å². The van der Waals surface area contributed by atoms with Crippen molar-refractivity contribution < 1.29 is 23.1 Å². The van der Waals surface area contributed by atoms with Crippen LogP contribution in [0.15, 0.2) is 0 Å². The van der Waals surface area contributed by atoms with E-state index >= 15 is 0 Å². The Kier molecular flexibility index (Phi) is 9.60. The maximum absolute atomic E-state index is 11.9. The lowest BCUT2D eigenvalue weighted by Crippen LogP contribution is -2.47. The summed E-state index contributed by atoms with van der Waals surface area (Å²) in [4.78, 5) is 22.2. The standard InChI is InChI=1S/C11H22N2O5S2/c1-3-20(17,18)13-9(6-8-19-2)11(16)12-7-4-5-10(14)15/h9,13H,3-8H2,1-2H3,(H,12,16)(H,14,15). The third-order valence-electron chi connectivity index (χ3n) is 2.50. The third-order valence-corrected chi connectivity index (χ3v) is 4.54. The fraction of sp³-hybridized carbons (Fsp3) is 0.818. The first-order valence-electron chi connectivity index (χ1n) is 6.30. The summed E-state index contributed by atoms with van der Waals surface area (Å²) in [6, 6.07) is -0.808. The van der Waals surface area contributed by atoms with Crippen molar-refractivity contribution in [3.05, 3.63) is 0 Å². The van der Waals surface area contributed by atoms with Crippen molar-refractivity contribution in [1.29, 1.82) is 0 Å². The summed E-state index contributed by atoms with van der Waals surface area (Å²) in [7, 11) is -3.45. The molecule has 0 aliphatic carbocycles. The number of carboxylic acid groups (broad SMARTS) is 1. The van der Waals surface area contributed by atoms with Gasteiger partial charge in [0, 0.05) is 13.0 Å². The van der Waals surface area contributed by atoms with Crippen molar-refractivity contribution >= 4 is 33.7 Å². The van der Waals surface area contributed by atoms with Crippen molar-refractivity contribution in [2.24, 2.45) is 0 Å². The largest absolute Gasteiger partial charge is 0.481 e. The van der Waals surface area contributed by atoms with E-state index in [1.165, 1.54) is 18.7 Å². The minimum atomic E-state index is -3.45. The maximum Gasteiger partial charge on any atom is 0.303 e. The van der Waals surface area contributed by atoms with Crippen LogP contribution in [0.5, 0.6) is 0 Å². The number of aliphatic carboxylic acids is 1. The molecule has 20 heavy (non-hydrogen) atoms. The Balaban J connectivity index is 4.37. The first kappa shape index (κ1) is 19.2. The number of hydrogen-bond donors (Lipinski definition) is 3. The molecule has 0 aromatic heterocycles. The molecule has 9 heteroatoms. The molecule has 0 saturated carbocycles. The van der Waals surface area contributed by atoms with Crippen LogP contribution < -0.4 is 10.0 Å². The molecular weight excluding hydrogens is 304 g/mol. The fourth-order valence-corrected chi connectivity index (χ4v) is 2.65. The molecule has 0 spiro atoms. The van der Waals surface area contributed by atoms with Gasteiger partial charge in [0.1, 0.15) is 6.04 Å². The molecule has 0 heterocycles. The van der Waals surface area contributed by atoms with Gasteiger partial charge >= 0.3 is 5.97 Å². The summed E-state index contributed by atoms with van der Waals surface area (Å²) in [5, 5.41) is 11.0. The fourth-order valence-electron chi connectivity index (χ4n) is 1.35. The normalized spacial score (nSPS) is 12.9. The van der Waals surface area contributed by atoms with Gasteiger partial charge in [-0.15, -0.1) is 0 Å². The Morgan fingerprint density at radius 3 is 2.50 bits per heavy atom. The smallest absolute Gasteiger partial charge is 0.303 e. The summed E-state index contributed by atoms with van der Waals surface area (Å²) in [6.45, 7) is 1.72. The number of amides is 1. The maximum atomic E-state index is 11.9. The number of nitrogens with one attached hydrogen (secondary N) is 2. The number of sulfonamides is 1. The van der Waals surface area contributed by atoms with Crippen LogP contribution in [0, 0.1) is 0 Å². The van der Waals surface area contributed by atoms with E-state index in [0.29, 0.717) is 18.6 Å². The Labute approximate surface area is 123 Å². The van der Waals surface area contributed by atoms with Gasteiger partial charge in [-0.3, -0.25) is 9.59 Å². The van der Waals surface area contributed by atoms with Crippen LogP contribution in [-0.2, 0) is 19.6 Å². The van der Waals surface area contributed by atoms with Crippen LogP contribution >= 0.6 is 11.8 Å².